The monoisotopic (exact) mass is 312 g/mol. The second-order valence-corrected chi connectivity index (χ2v) is 6.44. The molecule has 0 bridgehead atoms. The topological polar surface area (TPSA) is 112 Å². The number of carboxylic acids is 1. The van der Waals surface area contributed by atoms with Crippen molar-refractivity contribution < 1.29 is 14.7 Å². The third kappa shape index (κ3) is 2.11. The molecule has 3 heterocycles. The van der Waals surface area contributed by atoms with E-state index in [1.54, 1.807) is 12.4 Å². The quantitative estimate of drug-likeness (QED) is 0.533. The number of carbonyl (C=O) groups excluding carboxylic acids is 1. The van der Waals surface area contributed by atoms with Crippen molar-refractivity contribution in [2.24, 2.45) is 5.73 Å². The number of aromatic amines is 1. The summed E-state index contributed by atoms with van der Waals surface area (Å²) in [6, 6.07) is -0.589. The van der Waals surface area contributed by atoms with Crippen LogP contribution in [-0.4, -0.2) is 54.8 Å². The number of nitrogens with one attached hydrogen (secondary N) is 1. The van der Waals surface area contributed by atoms with Crippen LogP contribution in [0.4, 0.5) is 0 Å². The molecule has 7 nitrogen and oxygen atoms in total. The molecule has 0 spiro atoms. The molecule has 106 valence electrons. The highest BCUT2D eigenvalue weighted by molar-refractivity contribution is 8.01. The fourth-order valence-corrected chi connectivity index (χ4v) is 4.43. The van der Waals surface area contributed by atoms with Gasteiger partial charge in [-0.25, -0.2) is 9.78 Å². The van der Waals surface area contributed by atoms with Crippen LogP contribution in [0.2, 0.25) is 0 Å². The van der Waals surface area contributed by atoms with E-state index in [1.807, 2.05) is 0 Å². The van der Waals surface area contributed by atoms with Gasteiger partial charge in [0.05, 0.1) is 0 Å². The highest BCUT2D eigenvalue weighted by Crippen LogP contribution is 2.40. The Kier molecular flexibility index (Phi) is 3.48. The normalized spacial score (nSPS) is 25.4. The van der Waals surface area contributed by atoms with Gasteiger partial charge in [0.2, 0.25) is 5.91 Å². The Bertz CT molecular complexity index is 586. The number of nitrogens with zero attached hydrogens (tertiary/aromatic N) is 2. The van der Waals surface area contributed by atoms with Crippen molar-refractivity contribution >= 4 is 35.4 Å². The van der Waals surface area contributed by atoms with Gasteiger partial charge in [-0.05, 0) is 5.57 Å². The zero-order valence-electron chi connectivity index (χ0n) is 10.3. The van der Waals surface area contributed by atoms with Gasteiger partial charge in [-0.1, -0.05) is 11.8 Å². The number of amides is 1. The van der Waals surface area contributed by atoms with Crippen LogP contribution in [0.1, 0.15) is 0 Å². The first-order valence-electron chi connectivity index (χ1n) is 5.87. The van der Waals surface area contributed by atoms with E-state index in [1.165, 1.54) is 28.4 Å². The Morgan fingerprint density at radius 1 is 1.70 bits per heavy atom. The van der Waals surface area contributed by atoms with Crippen LogP contribution in [0, 0.1) is 0 Å². The number of hydrogen-bond acceptors (Lipinski definition) is 6. The highest BCUT2D eigenvalue weighted by Gasteiger charge is 2.51. The number of carboxylic acid groups (broad SMARTS) is 1. The summed E-state index contributed by atoms with van der Waals surface area (Å²) in [6.07, 6.45) is 3.34. The van der Waals surface area contributed by atoms with Gasteiger partial charge < -0.3 is 15.8 Å². The first-order valence-corrected chi connectivity index (χ1v) is 7.91. The lowest BCUT2D eigenvalue weighted by Crippen LogP contribution is -2.68. The van der Waals surface area contributed by atoms with Gasteiger partial charge in [-0.15, -0.1) is 11.8 Å². The van der Waals surface area contributed by atoms with Crippen LogP contribution < -0.4 is 5.73 Å². The average Bonchev–Trinajstić information content (AvgIpc) is 2.96. The molecule has 0 aliphatic carbocycles. The van der Waals surface area contributed by atoms with Crippen LogP contribution >= 0.6 is 23.5 Å². The zero-order valence-corrected chi connectivity index (χ0v) is 11.9. The van der Waals surface area contributed by atoms with Crippen molar-refractivity contribution in [3.63, 3.8) is 0 Å². The lowest BCUT2D eigenvalue weighted by Gasteiger charge is -2.48. The average molecular weight is 312 g/mol. The van der Waals surface area contributed by atoms with Gasteiger partial charge in [0.25, 0.3) is 0 Å². The number of H-pyrrole nitrogens is 1. The van der Waals surface area contributed by atoms with E-state index in [0.29, 0.717) is 11.5 Å². The Balaban J connectivity index is 1.82. The Labute approximate surface area is 123 Å². The number of thioether (sulfide) groups is 2. The van der Waals surface area contributed by atoms with Crippen molar-refractivity contribution in [3.8, 4) is 0 Å². The molecule has 0 radical (unpaired) electrons. The molecule has 3 rings (SSSR count). The summed E-state index contributed by atoms with van der Waals surface area (Å²) in [5.41, 5.74) is 6.49. The van der Waals surface area contributed by atoms with Gasteiger partial charge in [0.1, 0.15) is 17.1 Å². The molecular formula is C11H12N4O3S2. The molecule has 2 aliphatic heterocycles. The fraction of sp³-hybridized carbons (Fsp3) is 0.364. The minimum absolute atomic E-state index is 0.0829. The molecule has 0 saturated carbocycles. The summed E-state index contributed by atoms with van der Waals surface area (Å²) < 4.78 is 0. The number of carbonyl (C=O) groups is 2. The second kappa shape index (κ2) is 5.15. The largest absolute Gasteiger partial charge is 0.477 e. The highest BCUT2D eigenvalue weighted by atomic mass is 32.2. The number of aliphatic carboxylic acids is 1. The Morgan fingerprint density at radius 3 is 3.15 bits per heavy atom. The number of β-lactam (4-membered cyclic amide) rings is 1. The third-order valence-electron chi connectivity index (χ3n) is 3.15. The maximum Gasteiger partial charge on any atom is 0.352 e. The first kappa shape index (κ1) is 13.5. The van der Waals surface area contributed by atoms with Crippen LogP contribution in [-0.2, 0) is 9.59 Å². The minimum Gasteiger partial charge on any atom is -0.477 e. The molecule has 1 saturated heterocycles. The second-order valence-electron chi connectivity index (χ2n) is 4.38. The predicted molar refractivity (Wildman–Crippen MR) is 75.0 cm³/mol. The summed E-state index contributed by atoms with van der Waals surface area (Å²) in [5, 5.41) is 9.84. The van der Waals surface area contributed by atoms with Crippen LogP contribution in [0.25, 0.3) is 0 Å². The zero-order chi connectivity index (χ0) is 14.3. The van der Waals surface area contributed by atoms with E-state index >= 15 is 0 Å². The van der Waals surface area contributed by atoms with E-state index in [-0.39, 0.29) is 17.0 Å². The van der Waals surface area contributed by atoms with Gasteiger partial charge >= 0.3 is 5.97 Å². The summed E-state index contributed by atoms with van der Waals surface area (Å²) in [7, 11) is 0. The maximum absolute atomic E-state index is 11.8. The van der Waals surface area contributed by atoms with Crippen molar-refractivity contribution in [2.45, 2.75) is 16.6 Å². The van der Waals surface area contributed by atoms with Crippen LogP contribution in [0.3, 0.4) is 0 Å². The number of fused-ring (bicyclic) bond motifs is 1. The number of nitrogens with two attached hydrogens (primary N) is 1. The van der Waals surface area contributed by atoms with Crippen molar-refractivity contribution in [1.29, 1.82) is 0 Å². The molecule has 20 heavy (non-hydrogen) atoms. The predicted octanol–water partition coefficient (Wildman–Crippen LogP) is 0.0829. The number of rotatable bonds is 4. The number of aromatic nitrogens is 2. The molecule has 1 amide bonds. The van der Waals surface area contributed by atoms with Crippen molar-refractivity contribution in [2.75, 3.05) is 11.5 Å². The van der Waals surface area contributed by atoms with Gasteiger partial charge in [0, 0.05) is 23.9 Å². The summed E-state index contributed by atoms with van der Waals surface area (Å²) in [5.74, 6) is -0.351. The van der Waals surface area contributed by atoms with E-state index in [0.717, 1.165) is 10.7 Å². The number of hydrogen-bond donors (Lipinski definition) is 3. The smallest absolute Gasteiger partial charge is 0.352 e. The van der Waals surface area contributed by atoms with Crippen LogP contribution in [0.5, 0.6) is 0 Å². The van der Waals surface area contributed by atoms with E-state index in [9.17, 15) is 14.7 Å². The third-order valence-corrected chi connectivity index (χ3v) is 5.50. The molecule has 0 aromatic carbocycles. The summed E-state index contributed by atoms with van der Waals surface area (Å²) >= 11 is 2.92. The Hall–Kier alpha value is -1.45. The molecule has 1 aromatic heterocycles. The van der Waals surface area contributed by atoms with Crippen molar-refractivity contribution in [3.05, 3.63) is 23.7 Å². The summed E-state index contributed by atoms with van der Waals surface area (Å²) in [6.45, 7) is 0. The maximum atomic E-state index is 11.8. The molecule has 1 unspecified atom stereocenters. The van der Waals surface area contributed by atoms with Crippen LogP contribution in [0.15, 0.2) is 28.8 Å². The van der Waals surface area contributed by atoms with E-state index in [2.05, 4.69) is 9.97 Å². The fourth-order valence-electron chi connectivity index (χ4n) is 2.18. The molecule has 9 heteroatoms. The SMILES string of the molecule is NC1C(=O)N2C(C(=O)O)=C(CSc3ncc[nH]3)CS[C@H]12. The van der Waals surface area contributed by atoms with Crippen molar-refractivity contribution in [1.82, 2.24) is 14.9 Å². The van der Waals surface area contributed by atoms with Gasteiger partial charge in [0.15, 0.2) is 5.16 Å². The molecule has 1 fully saturated rings. The van der Waals surface area contributed by atoms with Gasteiger partial charge in [-0.3, -0.25) is 9.69 Å². The number of imidazole rings is 1. The van der Waals surface area contributed by atoms with E-state index < -0.39 is 12.0 Å². The minimum atomic E-state index is -1.08. The molecular weight excluding hydrogens is 300 g/mol. The standard InChI is InChI=1S/C11H12N4O3S2/c12-6-8(16)15-7(10(17)18)5(3-19-9(6)15)4-20-11-13-1-2-14-11/h1-2,6,9H,3-4,12H2,(H,13,14)(H,17,18)/t6?,9-/m1/s1. The molecule has 4 N–H and O–H groups in total. The summed E-state index contributed by atoms with van der Waals surface area (Å²) in [4.78, 5) is 31.5. The van der Waals surface area contributed by atoms with E-state index in [4.69, 9.17) is 5.73 Å². The lowest BCUT2D eigenvalue weighted by atomic mass is 10.0. The molecule has 2 atom stereocenters. The first-order chi connectivity index (χ1) is 9.59. The lowest BCUT2D eigenvalue weighted by molar-refractivity contribution is -0.147. The van der Waals surface area contributed by atoms with Gasteiger partial charge in [-0.2, -0.15) is 0 Å². The molecule has 1 aromatic rings. The Morgan fingerprint density at radius 2 is 2.50 bits per heavy atom. The molecule has 2 aliphatic rings.